The summed E-state index contributed by atoms with van der Waals surface area (Å²) in [6, 6.07) is 0. The maximum atomic E-state index is 5.71. The first-order valence-corrected chi connectivity index (χ1v) is 10.0. The molecule has 1 heterocycles. The summed E-state index contributed by atoms with van der Waals surface area (Å²) < 4.78 is 11.3. The molecule has 2 aliphatic carbocycles. The number of hydrogen-bond donors (Lipinski definition) is 2. The van der Waals surface area contributed by atoms with Gasteiger partial charge in [-0.15, -0.1) is 0 Å². The molecule has 2 N–H and O–H groups in total. The number of rotatable bonds is 10. The highest BCUT2D eigenvalue weighted by molar-refractivity contribution is 5.79. The third-order valence-electron chi connectivity index (χ3n) is 5.77. The Morgan fingerprint density at radius 2 is 2.08 bits per heavy atom. The third-order valence-corrected chi connectivity index (χ3v) is 5.77. The average molecular weight is 338 g/mol. The molecule has 138 valence electrons. The van der Waals surface area contributed by atoms with Gasteiger partial charge in [0.05, 0.1) is 12.7 Å². The van der Waals surface area contributed by atoms with E-state index < -0.39 is 0 Å². The van der Waals surface area contributed by atoms with Crippen LogP contribution in [0.1, 0.15) is 58.3 Å². The van der Waals surface area contributed by atoms with E-state index in [1.54, 1.807) is 0 Å². The molecule has 0 bridgehead atoms. The first-order chi connectivity index (χ1) is 11.8. The van der Waals surface area contributed by atoms with Crippen LogP contribution in [-0.4, -0.2) is 51.5 Å². The van der Waals surface area contributed by atoms with Gasteiger partial charge in [-0.2, -0.15) is 0 Å². The predicted molar refractivity (Wildman–Crippen MR) is 97.4 cm³/mol. The lowest BCUT2D eigenvalue weighted by atomic mass is 9.65. The molecule has 1 aliphatic heterocycles. The second-order valence-electron chi connectivity index (χ2n) is 7.68. The highest BCUT2D eigenvalue weighted by Gasteiger charge is 2.48. The lowest BCUT2D eigenvalue weighted by Crippen LogP contribution is -2.41. The number of nitrogens with one attached hydrogen (secondary N) is 2. The molecular weight excluding hydrogens is 302 g/mol. The number of nitrogens with zero attached hydrogens (tertiary/aromatic N) is 1. The molecule has 0 aromatic heterocycles. The Kier molecular flexibility index (Phi) is 6.78. The Morgan fingerprint density at radius 3 is 2.71 bits per heavy atom. The summed E-state index contributed by atoms with van der Waals surface area (Å²) in [5.41, 5.74) is 0.548. The fourth-order valence-electron chi connectivity index (χ4n) is 3.97. The van der Waals surface area contributed by atoms with Crippen LogP contribution >= 0.6 is 0 Å². The molecule has 24 heavy (non-hydrogen) atoms. The molecule has 0 spiro atoms. The number of hydrogen-bond acceptors (Lipinski definition) is 3. The highest BCUT2D eigenvalue weighted by Crippen LogP contribution is 2.57. The van der Waals surface area contributed by atoms with Gasteiger partial charge < -0.3 is 20.1 Å². The van der Waals surface area contributed by atoms with Crippen molar-refractivity contribution in [2.45, 2.75) is 64.4 Å². The van der Waals surface area contributed by atoms with Gasteiger partial charge in [0.15, 0.2) is 5.96 Å². The van der Waals surface area contributed by atoms with E-state index in [4.69, 9.17) is 14.5 Å². The van der Waals surface area contributed by atoms with Gasteiger partial charge in [0, 0.05) is 32.8 Å². The van der Waals surface area contributed by atoms with Gasteiger partial charge in [0.2, 0.25) is 0 Å². The Labute approximate surface area is 147 Å². The molecule has 1 unspecified atom stereocenters. The molecule has 0 amide bonds. The molecule has 5 nitrogen and oxygen atoms in total. The second kappa shape index (κ2) is 9.04. The second-order valence-corrected chi connectivity index (χ2v) is 7.68. The lowest BCUT2D eigenvalue weighted by molar-refractivity contribution is 0.0168. The minimum atomic E-state index is 0.331. The van der Waals surface area contributed by atoms with E-state index in [0.717, 1.165) is 64.2 Å². The van der Waals surface area contributed by atoms with Crippen LogP contribution in [0.4, 0.5) is 0 Å². The summed E-state index contributed by atoms with van der Waals surface area (Å²) >= 11 is 0. The Balaban J connectivity index is 1.30. The summed E-state index contributed by atoms with van der Waals surface area (Å²) in [5, 5.41) is 6.83. The monoisotopic (exact) mass is 337 g/mol. The van der Waals surface area contributed by atoms with Crippen molar-refractivity contribution in [2.75, 3.05) is 39.5 Å². The van der Waals surface area contributed by atoms with Crippen LogP contribution < -0.4 is 10.6 Å². The van der Waals surface area contributed by atoms with Gasteiger partial charge in [0.1, 0.15) is 0 Å². The first-order valence-electron chi connectivity index (χ1n) is 10.0. The predicted octanol–water partition coefficient (Wildman–Crippen LogP) is 2.71. The molecule has 0 radical (unpaired) electrons. The molecule has 0 aromatic carbocycles. The zero-order chi connectivity index (χ0) is 16.7. The normalized spacial score (nSPS) is 26.2. The standard InChI is InChI=1S/C19H35N3O2/c1-2-20-18(22-15-19(9-4-10-19)16-7-8-16)21-11-5-12-23-14-17-6-3-13-24-17/h16-17H,2-15H2,1H3,(H2,20,21,22). The van der Waals surface area contributed by atoms with Gasteiger partial charge in [-0.05, 0) is 63.2 Å². The van der Waals surface area contributed by atoms with Crippen LogP contribution in [-0.2, 0) is 9.47 Å². The molecular formula is C19H35N3O2. The minimum absolute atomic E-state index is 0.331. The van der Waals surface area contributed by atoms with Gasteiger partial charge in [-0.25, -0.2) is 0 Å². The smallest absolute Gasteiger partial charge is 0.191 e. The highest BCUT2D eigenvalue weighted by atomic mass is 16.5. The molecule has 5 heteroatoms. The molecule has 1 atom stereocenters. The molecule has 1 saturated heterocycles. The first kappa shape index (κ1) is 18.0. The van der Waals surface area contributed by atoms with E-state index in [-0.39, 0.29) is 0 Å². The van der Waals surface area contributed by atoms with Gasteiger partial charge in [-0.1, -0.05) is 6.42 Å². The van der Waals surface area contributed by atoms with Crippen LogP contribution in [0.3, 0.4) is 0 Å². The maximum absolute atomic E-state index is 5.71. The third kappa shape index (κ3) is 5.09. The molecule has 0 aromatic rings. The number of guanidine groups is 1. The van der Waals surface area contributed by atoms with E-state index >= 15 is 0 Å². The maximum Gasteiger partial charge on any atom is 0.191 e. The van der Waals surface area contributed by atoms with Crippen LogP contribution in [0.2, 0.25) is 0 Å². The van der Waals surface area contributed by atoms with E-state index in [1.807, 2.05) is 0 Å². The number of aliphatic imine (C=N–C) groups is 1. The fourth-order valence-corrected chi connectivity index (χ4v) is 3.97. The van der Waals surface area contributed by atoms with Gasteiger partial charge in [0.25, 0.3) is 0 Å². The molecule has 3 aliphatic rings. The number of ether oxygens (including phenoxy) is 2. The quantitative estimate of drug-likeness (QED) is 0.366. The minimum Gasteiger partial charge on any atom is -0.379 e. The van der Waals surface area contributed by atoms with Crippen molar-refractivity contribution < 1.29 is 9.47 Å². The van der Waals surface area contributed by atoms with Crippen LogP contribution in [0.25, 0.3) is 0 Å². The van der Waals surface area contributed by atoms with Crippen molar-refractivity contribution in [3.8, 4) is 0 Å². The van der Waals surface area contributed by atoms with E-state index in [9.17, 15) is 0 Å². The lowest BCUT2D eigenvalue weighted by Gasteiger charge is -2.41. The van der Waals surface area contributed by atoms with Crippen molar-refractivity contribution in [3.63, 3.8) is 0 Å². The van der Waals surface area contributed by atoms with Crippen molar-refractivity contribution >= 4 is 5.96 Å². The SMILES string of the molecule is CCNC(=NCC1(C2CC2)CCC1)NCCCOCC1CCCO1. The van der Waals surface area contributed by atoms with Crippen molar-refractivity contribution in [2.24, 2.45) is 16.3 Å². The summed E-state index contributed by atoms with van der Waals surface area (Å²) in [6.45, 7) is 7.40. The van der Waals surface area contributed by atoms with Crippen molar-refractivity contribution in [1.29, 1.82) is 0 Å². The fraction of sp³-hybridized carbons (Fsp3) is 0.947. The Bertz CT molecular complexity index is 399. The molecule has 3 rings (SSSR count). The summed E-state index contributed by atoms with van der Waals surface area (Å²) in [5.74, 6) is 1.94. The van der Waals surface area contributed by atoms with Crippen LogP contribution in [0.5, 0.6) is 0 Å². The molecule has 2 saturated carbocycles. The van der Waals surface area contributed by atoms with E-state index in [1.165, 1.54) is 38.5 Å². The van der Waals surface area contributed by atoms with Gasteiger partial charge in [-0.3, -0.25) is 4.99 Å². The van der Waals surface area contributed by atoms with Crippen LogP contribution in [0, 0.1) is 11.3 Å². The van der Waals surface area contributed by atoms with E-state index in [0.29, 0.717) is 11.5 Å². The summed E-state index contributed by atoms with van der Waals surface area (Å²) in [6.07, 6.45) is 10.7. The van der Waals surface area contributed by atoms with E-state index in [2.05, 4.69) is 17.6 Å². The average Bonchev–Trinajstić information content (AvgIpc) is 3.26. The van der Waals surface area contributed by atoms with Crippen LogP contribution in [0.15, 0.2) is 4.99 Å². The summed E-state index contributed by atoms with van der Waals surface area (Å²) in [7, 11) is 0. The summed E-state index contributed by atoms with van der Waals surface area (Å²) in [4.78, 5) is 4.88. The van der Waals surface area contributed by atoms with Crippen molar-refractivity contribution in [3.05, 3.63) is 0 Å². The van der Waals surface area contributed by atoms with Crippen molar-refractivity contribution in [1.82, 2.24) is 10.6 Å². The Hall–Kier alpha value is -0.810. The largest absolute Gasteiger partial charge is 0.379 e. The zero-order valence-electron chi connectivity index (χ0n) is 15.3. The topological polar surface area (TPSA) is 54.9 Å². The zero-order valence-corrected chi connectivity index (χ0v) is 15.3. The molecule has 3 fully saturated rings. The Morgan fingerprint density at radius 1 is 1.21 bits per heavy atom. The van der Waals surface area contributed by atoms with Gasteiger partial charge >= 0.3 is 0 Å².